The lowest BCUT2D eigenvalue weighted by atomic mass is 10.2. The quantitative estimate of drug-likeness (QED) is 0.845. The molecule has 2 aromatic rings. The van der Waals surface area contributed by atoms with Crippen LogP contribution in [0.25, 0.3) is 0 Å². The molecule has 2 N–H and O–H groups in total. The van der Waals surface area contributed by atoms with E-state index in [1.165, 1.54) is 18.2 Å². The van der Waals surface area contributed by atoms with E-state index in [9.17, 15) is 4.39 Å². The molecule has 0 saturated carbocycles. The van der Waals surface area contributed by atoms with Crippen LogP contribution in [-0.4, -0.2) is 4.99 Å². The first-order valence-corrected chi connectivity index (χ1v) is 5.40. The van der Waals surface area contributed by atoms with Crippen LogP contribution in [0.5, 0.6) is 11.5 Å². The number of nitrogens with two attached hydrogens (primary N) is 1. The van der Waals surface area contributed by atoms with Crippen LogP contribution in [0.2, 0.25) is 0 Å². The second-order valence-corrected chi connectivity index (χ2v) is 3.86. The van der Waals surface area contributed by atoms with E-state index >= 15 is 0 Å². The summed E-state index contributed by atoms with van der Waals surface area (Å²) in [5, 5.41) is 0. The molecule has 0 aliphatic rings. The summed E-state index contributed by atoms with van der Waals surface area (Å²) in [4.78, 5) is 0.107. The van der Waals surface area contributed by atoms with Gasteiger partial charge in [-0.05, 0) is 30.3 Å². The third-order valence-corrected chi connectivity index (χ3v) is 2.40. The standard InChI is InChI=1S/C13H10FNOS/c14-9-6-7-12(11(8-9)13(15)17)16-10-4-2-1-3-5-10/h1-8H,(H2,15,17). The van der Waals surface area contributed by atoms with E-state index in [0.717, 1.165) is 0 Å². The molecule has 0 atom stereocenters. The van der Waals surface area contributed by atoms with Crippen molar-refractivity contribution >= 4 is 17.2 Å². The molecule has 0 unspecified atom stereocenters. The van der Waals surface area contributed by atoms with Crippen molar-refractivity contribution in [3.8, 4) is 11.5 Å². The van der Waals surface area contributed by atoms with Gasteiger partial charge in [-0.1, -0.05) is 30.4 Å². The Labute approximate surface area is 104 Å². The molecule has 0 fully saturated rings. The molecule has 4 heteroatoms. The van der Waals surface area contributed by atoms with E-state index in [2.05, 4.69) is 0 Å². The summed E-state index contributed by atoms with van der Waals surface area (Å²) >= 11 is 4.86. The maximum Gasteiger partial charge on any atom is 0.137 e. The molecule has 0 spiro atoms. The smallest absolute Gasteiger partial charge is 0.137 e. The van der Waals surface area contributed by atoms with Gasteiger partial charge in [-0.2, -0.15) is 0 Å². The molecule has 2 aromatic carbocycles. The third-order valence-electron chi connectivity index (χ3n) is 2.18. The SMILES string of the molecule is NC(=S)c1cc(F)ccc1Oc1ccccc1. The largest absolute Gasteiger partial charge is 0.457 e. The number of hydrogen-bond donors (Lipinski definition) is 1. The predicted molar refractivity (Wildman–Crippen MR) is 68.8 cm³/mol. The summed E-state index contributed by atoms with van der Waals surface area (Å²) in [6, 6.07) is 13.3. The van der Waals surface area contributed by atoms with Crippen molar-refractivity contribution in [3.63, 3.8) is 0 Å². The van der Waals surface area contributed by atoms with Gasteiger partial charge in [0.25, 0.3) is 0 Å². The molecule has 0 bridgehead atoms. The first-order chi connectivity index (χ1) is 8.16. The lowest BCUT2D eigenvalue weighted by Crippen LogP contribution is -2.11. The van der Waals surface area contributed by atoms with Crippen LogP contribution in [0.4, 0.5) is 4.39 Å². The van der Waals surface area contributed by atoms with Gasteiger partial charge in [0.05, 0.1) is 5.56 Å². The number of ether oxygens (including phenoxy) is 1. The number of halogens is 1. The first kappa shape index (κ1) is 11.5. The van der Waals surface area contributed by atoms with Crippen molar-refractivity contribution in [2.75, 3.05) is 0 Å². The van der Waals surface area contributed by atoms with Crippen LogP contribution in [0.15, 0.2) is 48.5 Å². The van der Waals surface area contributed by atoms with Crippen molar-refractivity contribution < 1.29 is 9.13 Å². The normalized spacial score (nSPS) is 9.94. The van der Waals surface area contributed by atoms with Crippen LogP contribution in [0.1, 0.15) is 5.56 Å². The molecule has 2 nitrogen and oxygen atoms in total. The Kier molecular flexibility index (Phi) is 3.35. The third kappa shape index (κ3) is 2.79. The molecular formula is C13H10FNOS. The number of rotatable bonds is 3. The molecule has 0 amide bonds. The highest BCUT2D eigenvalue weighted by Crippen LogP contribution is 2.25. The molecule has 0 radical (unpaired) electrons. The summed E-state index contributed by atoms with van der Waals surface area (Å²) in [6.07, 6.45) is 0. The van der Waals surface area contributed by atoms with Gasteiger partial charge >= 0.3 is 0 Å². The van der Waals surface area contributed by atoms with Gasteiger partial charge in [0.1, 0.15) is 22.3 Å². The zero-order chi connectivity index (χ0) is 12.3. The number of para-hydroxylation sites is 1. The Morgan fingerprint density at radius 1 is 1.12 bits per heavy atom. The van der Waals surface area contributed by atoms with Crippen LogP contribution in [0, 0.1) is 5.82 Å². The van der Waals surface area contributed by atoms with Crippen LogP contribution in [-0.2, 0) is 0 Å². The average Bonchev–Trinajstić information content (AvgIpc) is 2.32. The maximum absolute atomic E-state index is 13.1. The Balaban J connectivity index is 2.36. The van der Waals surface area contributed by atoms with Gasteiger partial charge in [0, 0.05) is 0 Å². The topological polar surface area (TPSA) is 35.2 Å². The number of benzene rings is 2. The van der Waals surface area contributed by atoms with Crippen molar-refractivity contribution in [1.82, 2.24) is 0 Å². The van der Waals surface area contributed by atoms with Gasteiger partial charge in [-0.25, -0.2) is 4.39 Å². The second-order valence-electron chi connectivity index (χ2n) is 3.42. The monoisotopic (exact) mass is 247 g/mol. The van der Waals surface area contributed by atoms with E-state index in [0.29, 0.717) is 17.1 Å². The highest BCUT2D eigenvalue weighted by molar-refractivity contribution is 7.80. The van der Waals surface area contributed by atoms with E-state index in [1.807, 2.05) is 18.2 Å². The fraction of sp³-hybridized carbons (Fsp3) is 0. The fourth-order valence-corrected chi connectivity index (χ4v) is 1.56. The second kappa shape index (κ2) is 4.93. The molecular weight excluding hydrogens is 237 g/mol. The van der Waals surface area contributed by atoms with E-state index < -0.39 is 5.82 Å². The first-order valence-electron chi connectivity index (χ1n) is 4.99. The Morgan fingerprint density at radius 3 is 2.47 bits per heavy atom. The molecule has 0 aromatic heterocycles. The summed E-state index contributed by atoms with van der Waals surface area (Å²) in [5.41, 5.74) is 5.91. The zero-order valence-electron chi connectivity index (χ0n) is 8.89. The van der Waals surface area contributed by atoms with E-state index in [-0.39, 0.29) is 4.99 Å². The predicted octanol–water partition coefficient (Wildman–Crippen LogP) is 3.25. The number of hydrogen-bond acceptors (Lipinski definition) is 2. The molecule has 0 aliphatic carbocycles. The average molecular weight is 247 g/mol. The molecule has 2 rings (SSSR count). The maximum atomic E-state index is 13.1. The summed E-state index contributed by atoms with van der Waals surface area (Å²) in [5.74, 6) is 0.704. The van der Waals surface area contributed by atoms with Crippen molar-refractivity contribution in [2.45, 2.75) is 0 Å². The summed E-state index contributed by atoms with van der Waals surface area (Å²) in [7, 11) is 0. The van der Waals surface area contributed by atoms with Crippen molar-refractivity contribution in [1.29, 1.82) is 0 Å². The van der Waals surface area contributed by atoms with Gasteiger partial charge in [0.2, 0.25) is 0 Å². The highest BCUT2D eigenvalue weighted by atomic mass is 32.1. The zero-order valence-corrected chi connectivity index (χ0v) is 9.71. The minimum absolute atomic E-state index is 0.107. The molecule has 17 heavy (non-hydrogen) atoms. The summed E-state index contributed by atoms with van der Waals surface area (Å²) < 4.78 is 18.7. The van der Waals surface area contributed by atoms with Gasteiger partial charge < -0.3 is 10.5 Å². The minimum Gasteiger partial charge on any atom is -0.457 e. The minimum atomic E-state index is -0.395. The van der Waals surface area contributed by atoms with Crippen LogP contribution >= 0.6 is 12.2 Å². The highest BCUT2D eigenvalue weighted by Gasteiger charge is 2.08. The summed E-state index contributed by atoms with van der Waals surface area (Å²) in [6.45, 7) is 0. The fourth-order valence-electron chi connectivity index (χ4n) is 1.40. The van der Waals surface area contributed by atoms with Crippen LogP contribution in [0.3, 0.4) is 0 Å². The lowest BCUT2D eigenvalue weighted by molar-refractivity contribution is 0.479. The van der Waals surface area contributed by atoms with Gasteiger partial charge in [-0.15, -0.1) is 0 Å². The van der Waals surface area contributed by atoms with E-state index in [1.54, 1.807) is 12.1 Å². The number of thiocarbonyl (C=S) groups is 1. The molecule has 0 aliphatic heterocycles. The van der Waals surface area contributed by atoms with Crippen molar-refractivity contribution in [2.24, 2.45) is 5.73 Å². The van der Waals surface area contributed by atoms with Crippen molar-refractivity contribution in [3.05, 3.63) is 59.9 Å². The molecule has 0 heterocycles. The van der Waals surface area contributed by atoms with E-state index in [4.69, 9.17) is 22.7 Å². The Bertz CT molecular complexity index is 542. The molecule has 86 valence electrons. The molecule has 0 saturated heterocycles. The van der Waals surface area contributed by atoms with Gasteiger partial charge in [0.15, 0.2) is 0 Å². The Morgan fingerprint density at radius 2 is 1.82 bits per heavy atom. The van der Waals surface area contributed by atoms with Gasteiger partial charge in [-0.3, -0.25) is 0 Å². The lowest BCUT2D eigenvalue weighted by Gasteiger charge is -2.10. The van der Waals surface area contributed by atoms with Crippen LogP contribution < -0.4 is 10.5 Å². The Hall–Kier alpha value is -1.94.